The van der Waals surface area contributed by atoms with Crippen molar-refractivity contribution in [3.63, 3.8) is 0 Å². The molecule has 146 valence electrons. The third-order valence-corrected chi connectivity index (χ3v) is 4.77. The summed E-state index contributed by atoms with van der Waals surface area (Å²) in [6.07, 6.45) is 3.20. The molecule has 1 aliphatic heterocycles. The minimum absolute atomic E-state index is 0.0439. The van der Waals surface area contributed by atoms with Crippen LogP contribution in [0.1, 0.15) is 22.7 Å². The number of hydrogen-bond acceptors (Lipinski definition) is 6. The lowest BCUT2D eigenvalue weighted by atomic mass is 9.94. The van der Waals surface area contributed by atoms with Crippen LogP contribution >= 0.6 is 0 Å². The number of nitrogens with zero attached hydrogens (tertiary/aromatic N) is 2. The number of ether oxygens (including phenoxy) is 2. The average Bonchev–Trinajstić information content (AvgIpc) is 2.97. The third kappa shape index (κ3) is 3.48. The van der Waals surface area contributed by atoms with Crippen LogP contribution in [0.4, 0.5) is 0 Å². The van der Waals surface area contributed by atoms with Crippen LogP contribution in [0.3, 0.4) is 0 Å². The van der Waals surface area contributed by atoms with Crippen molar-refractivity contribution >= 4 is 17.4 Å². The molecule has 0 radical (unpaired) electrons. The van der Waals surface area contributed by atoms with Crippen LogP contribution in [0, 0.1) is 6.92 Å². The molecule has 28 heavy (non-hydrogen) atoms. The highest BCUT2D eigenvalue weighted by atomic mass is 16.5. The van der Waals surface area contributed by atoms with E-state index in [1.807, 2.05) is 0 Å². The van der Waals surface area contributed by atoms with E-state index < -0.39 is 17.7 Å². The molecule has 0 aliphatic carbocycles. The molecule has 1 aromatic carbocycles. The summed E-state index contributed by atoms with van der Waals surface area (Å²) in [5.41, 5.74) is 1.89. The molecular formula is C21H22N2O5. The van der Waals surface area contributed by atoms with Gasteiger partial charge in [-0.2, -0.15) is 0 Å². The Morgan fingerprint density at radius 2 is 2.04 bits per heavy atom. The zero-order valence-electron chi connectivity index (χ0n) is 16.0. The van der Waals surface area contributed by atoms with Crippen molar-refractivity contribution in [3.8, 4) is 5.75 Å². The predicted octanol–water partition coefficient (Wildman–Crippen LogP) is 2.47. The molecular weight excluding hydrogens is 360 g/mol. The molecule has 2 heterocycles. The second kappa shape index (κ2) is 8.22. The summed E-state index contributed by atoms with van der Waals surface area (Å²) < 4.78 is 10.3. The molecule has 1 aromatic heterocycles. The van der Waals surface area contributed by atoms with Crippen molar-refractivity contribution in [2.24, 2.45) is 0 Å². The van der Waals surface area contributed by atoms with E-state index in [9.17, 15) is 14.7 Å². The highest BCUT2D eigenvalue weighted by molar-refractivity contribution is 6.46. The van der Waals surface area contributed by atoms with Crippen molar-refractivity contribution in [1.82, 2.24) is 9.88 Å². The molecule has 0 unspecified atom stereocenters. The fraction of sp³-hybridized carbons (Fsp3) is 0.286. The van der Waals surface area contributed by atoms with Crippen LogP contribution in [0.5, 0.6) is 5.75 Å². The van der Waals surface area contributed by atoms with Gasteiger partial charge in [0.2, 0.25) is 0 Å². The number of aliphatic hydroxyl groups excluding tert-OH is 1. The van der Waals surface area contributed by atoms with Gasteiger partial charge in [-0.3, -0.25) is 14.6 Å². The molecule has 0 saturated carbocycles. The minimum atomic E-state index is -0.731. The first-order chi connectivity index (χ1) is 13.5. The van der Waals surface area contributed by atoms with E-state index in [0.717, 1.165) is 5.56 Å². The first-order valence-corrected chi connectivity index (χ1v) is 8.81. The summed E-state index contributed by atoms with van der Waals surface area (Å²) in [5.74, 6) is -0.970. The van der Waals surface area contributed by atoms with Gasteiger partial charge in [0.1, 0.15) is 11.5 Å². The molecule has 1 fully saturated rings. The van der Waals surface area contributed by atoms with Crippen LogP contribution in [0.25, 0.3) is 5.76 Å². The largest absolute Gasteiger partial charge is 0.507 e. The van der Waals surface area contributed by atoms with Gasteiger partial charge in [0.05, 0.1) is 25.3 Å². The van der Waals surface area contributed by atoms with E-state index in [0.29, 0.717) is 16.9 Å². The topological polar surface area (TPSA) is 89.0 Å². The Morgan fingerprint density at radius 1 is 1.25 bits per heavy atom. The average molecular weight is 382 g/mol. The Bertz CT molecular complexity index is 924. The van der Waals surface area contributed by atoms with Crippen molar-refractivity contribution in [3.05, 3.63) is 65.0 Å². The highest BCUT2D eigenvalue weighted by Crippen LogP contribution is 2.39. The Kier molecular flexibility index (Phi) is 5.75. The molecule has 2 aromatic rings. The molecule has 3 rings (SSSR count). The van der Waals surface area contributed by atoms with Gasteiger partial charge < -0.3 is 19.5 Å². The molecule has 0 bridgehead atoms. The van der Waals surface area contributed by atoms with Gasteiger partial charge in [-0.1, -0.05) is 6.07 Å². The summed E-state index contributed by atoms with van der Waals surface area (Å²) in [4.78, 5) is 31.0. The number of methoxy groups -OCH3 is 2. The smallest absolute Gasteiger partial charge is 0.295 e. The van der Waals surface area contributed by atoms with Crippen LogP contribution in [0.15, 0.2) is 48.3 Å². The number of carbonyl (C=O) groups excluding carboxylic acids is 2. The Balaban J connectivity index is 2.16. The maximum Gasteiger partial charge on any atom is 0.295 e. The summed E-state index contributed by atoms with van der Waals surface area (Å²) in [7, 11) is 3.08. The fourth-order valence-corrected chi connectivity index (χ4v) is 3.36. The molecule has 1 atom stereocenters. The van der Waals surface area contributed by atoms with E-state index in [1.54, 1.807) is 56.8 Å². The van der Waals surface area contributed by atoms with Crippen molar-refractivity contribution in [2.45, 2.75) is 13.0 Å². The molecule has 1 saturated heterocycles. The summed E-state index contributed by atoms with van der Waals surface area (Å²) in [6, 6.07) is 7.90. The first kappa shape index (κ1) is 19.6. The van der Waals surface area contributed by atoms with Crippen LogP contribution in [-0.4, -0.2) is 54.1 Å². The maximum absolute atomic E-state index is 12.8. The van der Waals surface area contributed by atoms with Crippen LogP contribution in [0.2, 0.25) is 0 Å². The number of amides is 1. The van der Waals surface area contributed by atoms with E-state index in [4.69, 9.17) is 9.47 Å². The lowest BCUT2D eigenvalue weighted by Gasteiger charge is -2.24. The number of hydrogen-bond donors (Lipinski definition) is 1. The molecule has 1 aliphatic rings. The van der Waals surface area contributed by atoms with Crippen molar-refractivity contribution < 1.29 is 24.2 Å². The zero-order chi connectivity index (χ0) is 20.3. The Hall–Kier alpha value is -3.19. The van der Waals surface area contributed by atoms with E-state index in [-0.39, 0.29) is 24.5 Å². The van der Waals surface area contributed by atoms with Gasteiger partial charge in [0.15, 0.2) is 0 Å². The summed E-state index contributed by atoms with van der Waals surface area (Å²) in [5, 5.41) is 11.0. The Morgan fingerprint density at radius 3 is 2.64 bits per heavy atom. The predicted molar refractivity (Wildman–Crippen MR) is 103 cm³/mol. The second-order valence-corrected chi connectivity index (χ2v) is 6.45. The molecule has 0 spiro atoms. The fourth-order valence-electron chi connectivity index (χ4n) is 3.36. The van der Waals surface area contributed by atoms with Gasteiger partial charge in [-0.05, 0) is 42.3 Å². The number of aryl methyl sites for hydroxylation is 1. The number of aliphatic hydroxyl groups is 1. The normalized spacial score (nSPS) is 18.5. The van der Waals surface area contributed by atoms with E-state index in [2.05, 4.69) is 4.98 Å². The van der Waals surface area contributed by atoms with Gasteiger partial charge in [0.25, 0.3) is 11.7 Å². The SMILES string of the molecule is COCCN1C(=O)C(=O)C(=C(O)c2ccc(OC)cc2C)[C@H]1c1cccnc1. The summed E-state index contributed by atoms with van der Waals surface area (Å²) >= 11 is 0. The van der Waals surface area contributed by atoms with Crippen LogP contribution < -0.4 is 4.74 Å². The Labute approximate surface area is 163 Å². The van der Waals surface area contributed by atoms with Gasteiger partial charge in [-0.15, -0.1) is 0 Å². The second-order valence-electron chi connectivity index (χ2n) is 6.45. The lowest BCUT2D eigenvalue weighted by molar-refractivity contribution is -0.140. The minimum Gasteiger partial charge on any atom is -0.507 e. The highest BCUT2D eigenvalue weighted by Gasteiger charge is 2.46. The lowest BCUT2D eigenvalue weighted by Crippen LogP contribution is -2.32. The molecule has 7 nitrogen and oxygen atoms in total. The molecule has 1 amide bonds. The molecule has 7 heteroatoms. The van der Waals surface area contributed by atoms with Crippen LogP contribution in [-0.2, 0) is 14.3 Å². The number of benzene rings is 1. The zero-order valence-corrected chi connectivity index (χ0v) is 16.0. The number of pyridine rings is 1. The number of Topliss-reactive ketones (excluding diaryl/α,β-unsaturated/α-hetero) is 1. The van der Waals surface area contributed by atoms with Gasteiger partial charge in [0, 0.05) is 31.6 Å². The number of likely N-dealkylation sites (tertiary alicyclic amines) is 1. The number of carbonyl (C=O) groups is 2. The van der Waals surface area contributed by atoms with Crippen molar-refractivity contribution in [1.29, 1.82) is 0 Å². The van der Waals surface area contributed by atoms with E-state index >= 15 is 0 Å². The van der Waals surface area contributed by atoms with Gasteiger partial charge in [-0.25, -0.2) is 0 Å². The number of aromatic nitrogens is 1. The van der Waals surface area contributed by atoms with Crippen molar-refractivity contribution in [2.75, 3.05) is 27.4 Å². The van der Waals surface area contributed by atoms with E-state index in [1.165, 1.54) is 12.0 Å². The first-order valence-electron chi connectivity index (χ1n) is 8.81. The quantitative estimate of drug-likeness (QED) is 0.469. The standard InChI is InChI=1S/C21H22N2O5/c1-13-11-15(28-3)6-7-16(13)19(24)17-18(14-5-4-8-22-12-14)23(9-10-27-2)21(26)20(17)25/h4-8,11-12,18,24H,9-10H2,1-3H3/t18-/m1/s1. The third-order valence-electron chi connectivity index (χ3n) is 4.77. The maximum atomic E-state index is 12.8. The van der Waals surface area contributed by atoms with Gasteiger partial charge >= 0.3 is 0 Å². The number of rotatable bonds is 6. The monoisotopic (exact) mass is 382 g/mol. The molecule has 1 N–H and O–H groups in total. The summed E-state index contributed by atoms with van der Waals surface area (Å²) in [6.45, 7) is 2.29. The number of ketones is 1.